The molecule has 0 saturated carbocycles. The van der Waals surface area contributed by atoms with Crippen LogP contribution in [0.4, 0.5) is 10.1 Å². The first-order valence-electron chi connectivity index (χ1n) is 5.47. The molecule has 2 aromatic carbocycles. The number of nitro groups is 1. The molecule has 0 aliphatic carbocycles. The van der Waals surface area contributed by atoms with Gasteiger partial charge < -0.3 is 4.74 Å². The van der Waals surface area contributed by atoms with Gasteiger partial charge in [0, 0.05) is 10.4 Å². The van der Waals surface area contributed by atoms with Crippen LogP contribution in [0.3, 0.4) is 0 Å². The lowest BCUT2D eigenvalue weighted by atomic mass is 10.2. The van der Waals surface area contributed by atoms with Crippen LogP contribution in [-0.4, -0.2) is 4.92 Å². The molecule has 0 aromatic heterocycles. The molecule has 0 heterocycles. The highest BCUT2D eigenvalue weighted by Crippen LogP contribution is 2.33. The minimum Gasteiger partial charge on any atom is -0.450 e. The van der Waals surface area contributed by atoms with Gasteiger partial charge in [0.15, 0.2) is 0 Å². The van der Waals surface area contributed by atoms with Crippen molar-refractivity contribution in [3.8, 4) is 11.5 Å². The van der Waals surface area contributed by atoms with Crippen LogP contribution < -0.4 is 4.74 Å². The number of hydrogen-bond acceptors (Lipinski definition) is 3. The fourth-order valence-corrected chi connectivity index (χ4v) is 2.44. The molecule has 20 heavy (non-hydrogen) atoms. The maximum atomic E-state index is 13.0. The van der Waals surface area contributed by atoms with Gasteiger partial charge in [-0.25, -0.2) is 4.39 Å². The second-order valence-corrected chi connectivity index (χ2v) is 4.98. The normalized spacial score (nSPS) is 10.3. The van der Waals surface area contributed by atoms with E-state index in [0.29, 0.717) is 11.6 Å². The standard InChI is InChI=1S/C13H8BrClFNO3/c14-11-6-10(3-1-8(11)7-15)20-13-4-2-9(16)5-12(13)17(18)19/h1-6H,7H2. The molecule has 0 fully saturated rings. The number of hydrogen-bond donors (Lipinski definition) is 0. The molecule has 0 radical (unpaired) electrons. The van der Waals surface area contributed by atoms with Gasteiger partial charge in [0.05, 0.1) is 11.0 Å². The Morgan fingerprint density at radius 1 is 1.30 bits per heavy atom. The molecule has 0 unspecified atom stereocenters. The largest absolute Gasteiger partial charge is 0.450 e. The van der Waals surface area contributed by atoms with Gasteiger partial charge in [0.1, 0.15) is 11.6 Å². The summed E-state index contributed by atoms with van der Waals surface area (Å²) in [5.74, 6) is 0.00229. The van der Waals surface area contributed by atoms with Crippen molar-refractivity contribution < 1.29 is 14.1 Å². The van der Waals surface area contributed by atoms with E-state index in [0.717, 1.165) is 22.2 Å². The number of alkyl halides is 1. The van der Waals surface area contributed by atoms with Gasteiger partial charge in [0.2, 0.25) is 5.75 Å². The predicted octanol–water partition coefficient (Wildman–Crippen LogP) is 5.03. The summed E-state index contributed by atoms with van der Waals surface area (Å²) in [4.78, 5) is 10.2. The average Bonchev–Trinajstić information content (AvgIpc) is 2.41. The van der Waals surface area contributed by atoms with E-state index in [1.807, 2.05) is 0 Å². The van der Waals surface area contributed by atoms with E-state index in [-0.39, 0.29) is 5.75 Å². The molecule has 7 heteroatoms. The molecule has 0 amide bonds. The van der Waals surface area contributed by atoms with Crippen molar-refractivity contribution in [2.45, 2.75) is 5.88 Å². The SMILES string of the molecule is O=[N+]([O-])c1cc(F)ccc1Oc1ccc(CCl)c(Br)c1. The van der Waals surface area contributed by atoms with Crippen LogP contribution >= 0.6 is 27.5 Å². The molecule has 0 spiro atoms. The van der Waals surface area contributed by atoms with Gasteiger partial charge in [0.25, 0.3) is 0 Å². The van der Waals surface area contributed by atoms with E-state index >= 15 is 0 Å². The maximum Gasteiger partial charge on any atom is 0.314 e. The Bertz CT molecular complexity index is 666. The Morgan fingerprint density at radius 3 is 2.65 bits per heavy atom. The molecule has 0 atom stereocenters. The molecule has 0 aliphatic heterocycles. The fourth-order valence-electron chi connectivity index (χ4n) is 1.55. The Labute approximate surface area is 127 Å². The van der Waals surface area contributed by atoms with Crippen LogP contribution in [0, 0.1) is 15.9 Å². The molecule has 2 rings (SSSR count). The van der Waals surface area contributed by atoms with Crippen LogP contribution in [0.5, 0.6) is 11.5 Å². The summed E-state index contributed by atoms with van der Waals surface area (Å²) in [6.45, 7) is 0. The average molecular weight is 361 g/mol. The Hall–Kier alpha value is -1.66. The van der Waals surface area contributed by atoms with E-state index in [9.17, 15) is 14.5 Å². The van der Waals surface area contributed by atoms with Gasteiger partial charge in [-0.1, -0.05) is 22.0 Å². The third-order valence-corrected chi connectivity index (χ3v) is 3.54. The van der Waals surface area contributed by atoms with Crippen LogP contribution in [0.1, 0.15) is 5.56 Å². The lowest BCUT2D eigenvalue weighted by Gasteiger charge is -2.08. The minimum absolute atomic E-state index is 0.0260. The zero-order chi connectivity index (χ0) is 14.7. The summed E-state index contributed by atoms with van der Waals surface area (Å²) < 4.78 is 19.2. The summed E-state index contributed by atoms with van der Waals surface area (Å²) in [5.41, 5.74) is 0.440. The van der Waals surface area contributed by atoms with Gasteiger partial charge in [-0.05, 0) is 29.8 Å². The number of rotatable bonds is 4. The smallest absolute Gasteiger partial charge is 0.314 e. The van der Waals surface area contributed by atoms with E-state index < -0.39 is 16.4 Å². The predicted molar refractivity (Wildman–Crippen MR) is 76.8 cm³/mol. The van der Waals surface area contributed by atoms with Gasteiger partial charge in [-0.2, -0.15) is 0 Å². The Kier molecular flexibility index (Phi) is 4.57. The summed E-state index contributed by atoms with van der Waals surface area (Å²) in [5, 5.41) is 10.9. The van der Waals surface area contributed by atoms with Crippen molar-refractivity contribution in [1.29, 1.82) is 0 Å². The monoisotopic (exact) mass is 359 g/mol. The van der Waals surface area contributed by atoms with Gasteiger partial charge in [-0.15, -0.1) is 11.6 Å². The quantitative estimate of drug-likeness (QED) is 0.436. The fraction of sp³-hybridized carbons (Fsp3) is 0.0769. The summed E-state index contributed by atoms with van der Waals surface area (Å²) in [6, 6.07) is 8.15. The van der Waals surface area contributed by atoms with E-state index in [4.69, 9.17) is 16.3 Å². The third-order valence-electron chi connectivity index (χ3n) is 2.51. The highest BCUT2D eigenvalue weighted by Gasteiger charge is 2.17. The molecule has 0 N–H and O–H groups in total. The Morgan fingerprint density at radius 2 is 2.05 bits per heavy atom. The molecule has 0 aliphatic rings. The van der Waals surface area contributed by atoms with E-state index in [2.05, 4.69) is 15.9 Å². The first kappa shape index (κ1) is 14.7. The van der Waals surface area contributed by atoms with Crippen molar-refractivity contribution >= 4 is 33.2 Å². The number of benzene rings is 2. The molecule has 4 nitrogen and oxygen atoms in total. The highest BCUT2D eigenvalue weighted by molar-refractivity contribution is 9.10. The second-order valence-electron chi connectivity index (χ2n) is 3.86. The molecule has 2 aromatic rings. The van der Waals surface area contributed by atoms with Crippen LogP contribution in [0.2, 0.25) is 0 Å². The molecular weight excluding hydrogens is 353 g/mol. The minimum atomic E-state index is -0.694. The molecular formula is C13H8BrClFNO3. The van der Waals surface area contributed by atoms with Crippen molar-refractivity contribution in [2.75, 3.05) is 0 Å². The lowest BCUT2D eigenvalue weighted by molar-refractivity contribution is -0.385. The van der Waals surface area contributed by atoms with Crippen molar-refractivity contribution in [3.63, 3.8) is 0 Å². The zero-order valence-electron chi connectivity index (χ0n) is 9.98. The number of nitro benzene ring substituents is 1. The zero-order valence-corrected chi connectivity index (χ0v) is 12.3. The number of nitrogens with zero attached hydrogens (tertiary/aromatic N) is 1. The van der Waals surface area contributed by atoms with Gasteiger partial charge in [-0.3, -0.25) is 10.1 Å². The van der Waals surface area contributed by atoms with E-state index in [1.54, 1.807) is 18.2 Å². The second kappa shape index (κ2) is 6.19. The first-order valence-corrected chi connectivity index (χ1v) is 6.80. The molecule has 104 valence electrons. The van der Waals surface area contributed by atoms with Gasteiger partial charge >= 0.3 is 5.69 Å². The number of ether oxygens (including phenoxy) is 1. The summed E-state index contributed by atoms with van der Waals surface area (Å²) >= 11 is 9.05. The Balaban J connectivity index is 2.35. The summed E-state index contributed by atoms with van der Waals surface area (Å²) in [6.07, 6.45) is 0. The molecule has 0 bridgehead atoms. The summed E-state index contributed by atoms with van der Waals surface area (Å²) in [7, 11) is 0. The third kappa shape index (κ3) is 3.26. The highest BCUT2D eigenvalue weighted by atomic mass is 79.9. The maximum absolute atomic E-state index is 13.0. The van der Waals surface area contributed by atoms with Crippen LogP contribution in [0.15, 0.2) is 40.9 Å². The lowest BCUT2D eigenvalue weighted by Crippen LogP contribution is -1.94. The number of halogens is 3. The van der Waals surface area contributed by atoms with Crippen LogP contribution in [0.25, 0.3) is 0 Å². The first-order chi connectivity index (χ1) is 9.51. The van der Waals surface area contributed by atoms with Crippen molar-refractivity contribution in [1.82, 2.24) is 0 Å². The molecule has 0 saturated heterocycles. The van der Waals surface area contributed by atoms with Crippen molar-refractivity contribution in [2.24, 2.45) is 0 Å². The van der Waals surface area contributed by atoms with Crippen molar-refractivity contribution in [3.05, 3.63) is 62.4 Å². The topological polar surface area (TPSA) is 52.4 Å². The van der Waals surface area contributed by atoms with E-state index in [1.165, 1.54) is 6.07 Å². The van der Waals surface area contributed by atoms with Crippen LogP contribution in [-0.2, 0) is 5.88 Å².